The summed E-state index contributed by atoms with van der Waals surface area (Å²) in [5, 5.41) is 3.31. The van der Waals surface area contributed by atoms with Gasteiger partial charge in [0.15, 0.2) is 0 Å². The zero-order valence-corrected chi connectivity index (χ0v) is 11.8. The number of rotatable bonds is 4. The van der Waals surface area contributed by atoms with Crippen molar-refractivity contribution >= 4 is 0 Å². The number of aromatic nitrogens is 1. The highest BCUT2D eigenvalue weighted by molar-refractivity contribution is 5.10. The predicted molar refractivity (Wildman–Crippen MR) is 75.4 cm³/mol. The molecule has 1 atom stereocenters. The van der Waals surface area contributed by atoms with E-state index >= 15 is 0 Å². The Morgan fingerprint density at radius 1 is 1.39 bits per heavy atom. The number of piperidine rings is 1. The molecule has 0 saturated carbocycles. The minimum Gasteiger partial charge on any atom is -0.319 e. The van der Waals surface area contributed by atoms with Crippen LogP contribution in [0.25, 0.3) is 0 Å². The summed E-state index contributed by atoms with van der Waals surface area (Å²) in [5.74, 6) is 0.818. The van der Waals surface area contributed by atoms with E-state index in [2.05, 4.69) is 48.2 Å². The third-order valence-corrected chi connectivity index (χ3v) is 4.07. The molecule has 1 fully saturated rings. The normalized spacial score (nSPS) is 24.1. The lowest BCUT2D eigenvalue weighted by Gasteiger charge is -2.46. The van der Waals surface area contributed by atoms with Crippen LogP contribution in [0.5, 0.6) is 0 Å². The van der Waals surface area contributed by atoms with Gasteiger partial charge in [-0.15, -0.1) is 0 Å². The van der Waals surface area contributed by atoms with Crippen LogP contribution in [0.1, 0.15) is 32.3 Å². The monoisotopic (exact) mass is 247 g/mol. The van der Waals surface area contributed by atoms with Crippen molar-refractivity contribution in [2.45, 2.75) is 38.8 Å². The molecule has 18 heavy (non-hydrogen) atoms. The number of likely N-dealkylation sites (tertiary alicyclic amines) is 1. The molecule has 0 amide bonds. The van der Waals surface area contributed by atoms with Crippen LogP contribution in [0.2, 0.25) is 0 Å². The summed E-state index contributed by atoms with van der Waals surface area (Å²) in [7, 11) is 2.05. The van der Waals surface area contributed by atoms with Gasteiger partial charge in [-0.3, -0.25) is 9.88 Å². The predicted octanol–water partition coefficient (Wildman–Crippen LogP) is 2.29. The van der Waals surface area contributed by atoms with Gasteiger partial charge in [0.25, 0.3) is 0 Å². The first-order valence-corrected chi connectivity index (χ1v) is 6.90. The highest BCUT2D eigenvalue weighted by atomic mass is 15.2. The maximum Gasteiger partial charge on any atom is 0.0271 e. The summed E-state index contributed by atoms with van der Waals surface area (Å²) < 4.78 is 0. The second-order valence-electron chi connectivity index (χ2n) is 6.01. The van der Waals surface area contributed by atoms with E-state index in [0.29, 0.717) is 5.54 Å². The third-order valence-electron chi connectivity index (χ3n) is 4.07. The van der Waals surface area contributed by atoms with Gasteiger partial charge in [-0.25, -0.2) is 0 Å². The van der Waals surface area contributed by atoms with Crippen LogP contribution >= 0.6 is 0 Å². The average Bonchev–Trinajstić information content (AvgIpc) is 2.34. The van der Waals surface area contributed by atoms with Gasteiger partial charge in [0.1, 0.15) is 0 Å². The summed E-state index contributed by atoms with van der Waals surface area (Å²) in [6, 6.07) is 4.24. The minimum absolute atomic E-state index is 0.295. The highest BCUT2D eigenvalue weighted by Crippen LogP contribution is 2.32. The molecular formula is C15H25N3. The van der Waals surface area contributed by atoms with E-state index in [1.54, 1.807) is 0 Å². The molecule has 100 valence electrons. The zero-order valence-electron chi connectivity index (χ0n) is 11.8. The van der Waals surface area contributed by atoms with Crippen molar-refractivity contribution in [3.05, 3.63) is 30.1 Å². The van der Waals surface area contributed by atoms with Crippen LogP contribution in [0, 0.1) is 5.92 Å². The quantitative estimate of drug-likeness (QED) is 0.885. The molecule has 0 aromatic carbocycles. The van der Waals surface area contributed by atoms with Gasteiger partial charge in [-0.2, -0.15) is 0 Å². The largest absolute Gasteiger partial charge is 0.319 e. The van der Waals surface area contributed by atoms with Crippen molar-refractivity contribution in [3.8, 4) is 0 Å². The molecule has 3 nitrogen and oxygen atoms in total. The van der Waals surface area contributed by atoms with Gasteiger partial charge < -0.3 is 5.32 Å². The maximum absolute atomic E-state index is 4.08. The van der Waals surface area contributed by atoms with Crippen molar-refractivity contribution in [2.75, 3.05) is 20.1 Å². The lowest BCUT2D eigenvalue weighted by molar-refractivity contribution is 0.0400. The molecule has 1 aromatic rings. The Morgan fingerprint density at radius 3 is 2.72 bits per heavy atom. The molecule has 1 aliphatic rings. The van der Waals surface area contributed by atoms with E-state index in [9.17, 15) is 0 Å². The van der Waals surface area contributed by atoms with Crippen molar-refractivity contribution in [2.24, 2.45) is 5.92 Å². The van der Waals surface area contributed by atoms with E-state index in [1.807, 2.05) is 12.4 Å². The maximum atomic E-state index is 4.08. The topological polar surface area (TPSA) is 28.2 Å². The Balaban J connectivity index is 1.98. The number of nitrogens with zero attached hydrogens (tertiary/aromatic N) is 2. The molecule has 0 bridgehead atoms. The Labute approximate surface area is 111 Å². The van der Waals surface area contributed by atoms with Crippen LogP contribution in [0.3, 0.4) is 0 Å². The third kappa shape index (κ3) is 3.30. The van der Waals surface area contributed by atoms with Crippen LogP contribution in [-0.2, 0) is 6.54 Å². The Hall–Kier alpha value is -0.930. The molecule has 0 spiro atoms. The Kier molecular flexibility index (Phi) is 4.36. The first kappa shape index (κ1) is 13.5. The van der Waals surface area contributed by atoms with Gasteiger partial charge >= 0.3 is 0 Å². The average molecular weight is 247 g/mol. The van der Waals surface area contributed by atoms with E-state index < -0.39 is 0 Å². The second-order valence-corrected chi connectivity index (χ2v) is 6.01. The van der Waals surface area contributed by atoms with Gasteiger partial charge in [-0.05, 0) is 70.4 Å². The van der Waals surface area contributed by atoms with Gasteiger partial charge in [-0.1, -0.05) is 0 Å². The molecule has 2 heterocycles. The van der Waals surface area contributed by atoms with Crippen LogP contribution < -0.4 is 5.32 Å². The standard InChI is InChI=1S/C15H25N3/c1-15(2)10-14(11-16-3)6-9-18(15)12-13-4-7-17-8-5-13/h4-5,7-8,14,16H,6,9-12H2,1-3H3. The van der Waals surface area contributed by atoms with Crippen LogP contribution in [-0.4, -0.2) is 35.6 Å². The highest BCUT2D eigenvalue weighted by Gasteiger charge is 2.34. The van der Waals surface area contributed by atoms with Crippen LogP contribution in [0.4, 0.5) is 0 Å². The number of pyridine rings is 1. The Bertz CT molecular complexity index is 361. The molecule has 1 unspecified atom stereocenters. The number of hydrogen-bond acceptors (Lipinski definition) is 3. The summed E-state index contributed by atoms with van der Waals surface area (Å²) in [6.07, 6.45) is 6.35. The molecule has 1 aromatic heterocycles. The van der Waals surface area contributed by atoms with Gasteiger partial charge in [0.2, 0.25) is 0 Å². The second kappa shape index (κ2) is 5.81. The van der Waals surface area contributed by atoms with Crippen molar-refractivity contribution in [3.63, 3.8) is 0 Å². The number of nitrogens with one attached hydrogen (secondary N) is 1. The summed E-state index contributed by atoms with van der Waals surface area (Å²) in [5.41, 5.74) is 1.66. The smallest absolute Gasteiger partial charge is 0.0271 e. The molecular weight excluding hydrogens is 222 g/mol. The van der Waals surface area contributed by atoms with E-state index in [4.69, 9.17) is 0 Å². The fourth-order valence-electron chi connectivity index (χ4n) is 3.04. The summed E-state index contributed by atoms with van der Waals surface area (Å²) in [4.78, 5) is 6.69. The Morgan fingerprint density at radius 2 is 2.11 bits per heavy atom. The molecule has 3 heteroatoms. The molecule has 1 saturated heterocycles. The van der Waals surface area contributed by atoms with E-state index in [-0.39, 0.29) is 0 Å². The lowest BCUT2D eigenvalue weighted by Crippen LogP contribution is -2.50. The first-order valence-electron chi connectivity index (χ1n) is 6.90. The number of hydrogen-bond donors (Lipinski definition) is 1. The van der Waals surface area contributed by atoms with Gasteiger partial charge in [0.05, 0.1) is 0 Å². The lowest BCUT2D eigenvalue weighted by atomic mass is 9.82. The molecule has 1 N–H and O–H groups in total. The zero-order chi connectivity index (χ0) is 13.0. The molecule has 1 aliphatic heterocycles. The first-order chi connectivity index (χ1) is 8.62. The molecule has 2 rings (SSSR count). The molecule has 0 radical (unpaired) electrons. The fourth-order valence-corrected chi connectivity index (χ4v) is 3.04. The van der Waals surface area contributed by atoms with Crippen molar-refractivity contribution < 1.29 is 0 Å². The fraction of sp³-hybridized carbons (Fsp3) is 0.667. The van der Waals surface area contributed by atoms with Crippen LogP contribution in [0.15, 0.2) is 24.5 Å². The van der Waals surface area contributed by atoms with E-state index in [0.717, 1.165) is 19.0 Å². The SMILES string of the molecule is CNCC1CCN(Cc2ccncc2)C(C)(C)C1. The minimum atomic E-state index is 0.295. The summed E-state index contributed by atoms with van der Waals surface area (Å²) in [6.45, 7) is 8.13. The molecule has 0 aliphatic carbocycles. The van der Waals surface area contributed by atoms with E-state index in [1.165, 1.54) is 24.9 Å². The van der Waals surface area contributed by atoms with Crippen molar-refractivity contribution in [1.29, 1.82) is 0 Å². The van der Waals surface area contributed by atoms with Gasteiger partial charge in [0, 0.05) is 24.5 Å². The summed E-state index contributed by atoms with van der Waals surface area (Å²) >= 11 is 0. The van der Waals surface area contributed by atoms with Crippen molar-refractivity contribution in [1.82, 2.24) is 15.2 Å².